The topological polar surface area (TPSA) is 55.1 Å². The second-order valence-corrected chi connectivity index (χ2v) is 3.26. The molecule has 1 heterocycles. The van der Waals surface area contributed by atoms with E-state index in [1.807, 2.05) is 0 Å². The first-order valence-corrected chi connectivity index (χ1v) is 4.35. The Morgan fingerprint density at radius 3 is 2.87 bits per heavy atom. The molecule has 0 unspecified atom stereocenters. The molecule has 3 N–H and O–H groups in total. The molecule has 0 bridgehead atoms. The average Bonchev–Trinajstić information content (AvgIpc) is 2.15. The maximum Gasteiger partial charge on any atom is 0.249 e. The Labute approximate surface area is 86.1 Å². The Morgan fingerprint density at radius 1 is 1.47 bits per heavy atom. The molecule has 1 aromatic carbocycles. The van der Waals surface area contributed by atoms with Crippen molar-refractivity contribution in [2.24, 2.45) is 5.73 Å². The standard InChI is InChI=1S/C11H9FN2O/c1-6-4-9(11(13)15)8-3-2-7(12)5-10(8)14-6/h2-5,14H,1H2,(H2,13,15). The molecule has 1 aliphatic rings. The van der Waals surface area contributed by atoms with Crippen LogP contribution >= 0.6 is 0 Å². The van der Waals surface area contributed by atoms with Gasteiger partial charge in [0.05, 0.1) is 5.57 Å². The number of nitrogens with two attached hydrogens (primary N) is 1. The summed E-state index contributed by atoms with van der Waals surface area (Å²) in [5.41, 5.74) is 7.17. The maximum absolute atomic E-state index is 12.9. The molecule has 0 fully saturated rings. The zero-order valence-electron chi connectivity index (χ0n) is 7.88. The number of rotatable bonds is 1. The van der Waals surface area contributed by atoms with Crippen LogP contribution in [0, 0.1) is 5.82 Å². The summed E-state index contributed by atoms with van der Waals surface area (Å²) < 4.78 is 12.9. The number of amides is 1. The van der Waals surface area contributed by atoms with E-state index in [1.165, 1.54) is 18.2 Å². The van der Waals surface area contributed by atoms with Crippen LogP contribution in [0.15, 0.2) is 36.6 Å². The van der Waals surface area contributed by atoms with Crippen LogP contribution in [0.2, 0.25) is 0 Å². The van der Waals surface area contributed by atoms with Crippen LogP contribution in [-0.4, -0.2) is 5.91 Å². The van der Waals surface area contributed by atoms with Crippen molar-refractivity contribution in [3.8, 4) is 0 Å². The summed E-state index contributed by atoms with van der Waals surface area (Å²) in [6, 6.07) is 4.10. The van der Waals surface area contributed by atoms with E-state index >= 15 is 0 Å². The first-order chi connectivity index (χ1) is 7.08. The minimum atomic E-state index is -0.550. The van der Waals surface area contributed by atoms with Gasteiger partial charge in [-0.25, -0.2) is 4.39 Å². The molecule has 0 atom stereocenters. The number of nitrogens with one attached hydrogen (secondary N) is 1. The van der Waals surface area contributed by atoms with Gasteiger partial charge in [0, 0.05) is 16.9 Å². The Bertz CT molecular complexity index is 491. The third-order valence-corrected chi connectivity index (χ3v) is 2.15. The molecule has 0 spiro atoms. The lowest BCUT2D eigenvalue weighted by Gasteiger charge is -2.18. The lowest BCUT2D eigenvalue weighted by molar-refractivity contribution is -0.112. The van der Waals surface area contributed by atoms with E-state index in [0.717, 1.165) is 0 Å². The molecule has 0 saturated heterocycles. The molecule has 4 heteroatoms. The number of carbonyl (C=O) groups excluding carboxylic acids is 1. The van der Waals surface area contributed by atoms with Gasteiger partial charge in [0.25, 0.3) is 0 Å². The molecule has 1 amide bonds. The molecule has 1 aromatic rings. The quantitative estimate of drug-likeness (QED) is 0.730. The van der Waals surface area contributed by atoms with Crippen molar-refractivity contribution in [1.82, 2.24) is 0 Å². The van der Waals surface area contributed by atoms with Crippen LogP contribution in [0.1, 0.15) is 5.56 Å². The number of primary amides is 1. The smallest absolute Gasteiger partial charge is 0.249 e. The summed E-state index contributed by atoms with van der Waals surface area (Å²) in [4.78, 5) is 11.1. The van der Waals surface area contributed by atoms with Gasteiger partial charge >= 0.3 is 0 Å². The molecule has 3 nitrogen and oxygen atoms in total. The molecule has 2 rings (SSSR count). The SMILES string of the molecule is C=C1C=C(C(N)=O)c2ccc(F)cc2N1. The first kappa shape index (κ1) is 9.45. The molecular formula is C11H9FN2O. The van der Waals surface area contributed by atoms with Crippen molar-refractivity contribution in [2.45, 2.75) is 0 Å². The van der Waals surface area contributed by atoms with Crippen LogP contribution in [0.3, 0.4) is 0 Å². The van der Waals surface area contributed by atoms with E-state index in [9.17, 15) is 9.18 Å². The van der Waals surface area contributed by atoms with Crippen molar-refractivity contribution >= 4 is 17.2 Å². The molecule has 1 aliphatic heterocycles. The minimum Gasteiger partial charge on any atom is -0.366 e. The lowest BCUT2D eigenvalue weighted by Crippen LogP contribution is -2.17. The summed E-state index contributed by atoms with van der Waals surface area (Å²) in [5.74, 6) is -0.926. The van der Waals surface area contributed by atoms with Gasteiger partial charge in [-0.3, -0.25) is 4.79 Å². The van der Waals surface area contributed by atoms with Crippen molar-refractivity contribution in [2.75, 3.05) is 5.32 Å². The van der Waals surface area contributed by atoms with Crippen molar-refractivity contribution < 1.29 is 9.18 Å². The highest BCUT2D eigenvalue weighted by molar-refractivity contribution is 6.21. The van der Waals surface area contributed by atoms with Gasteiger partial charge in [-0.15, -0.1) is 0 Å². The Balaban J connectivity index is 2.61. The monoisotopic (exact) mass is 204 g/mol. The third kappa shape index (κ3) is 1.61. The fraction of sp³-hybridized carbons (Fsp3) is 0. The highest BCUT2D eigenvalue weighted by Gasteiger charge is 2.18. The molecule has 76 valence electrons. The number of halogens is 1. The van der Waals surface area contributed by atoms with E-state index in [4.69, 9.17) is 5.73 Å². The van der Waals surface area contributed by atoms with E-state index < -0.39 is 5.91 Å². The summed E-state index contributed by atoms with van der Waals surface area (Å²) >= 11 is 0. The predicted molar refractivity (Wildman–Crippen MR) is 56.3 cm³/mol. The van der Waals surface area contributed by atoms with Crippen LogP contribution < -0.4 is 11.1 Å². The molecular weight excluding hydrogens is 195 g/mol. The first-order valence-electron chi connectivity index (χ1n) is 4.35. The van der Waals surface area contributed by atoms with Crippen molar-refractivity contribution in [3.05, 3.63) is 47.9 Å². The van der Waals surface area contributed by atoms with Gasteiger partial charge in [-0.1, -0.05) is 6.58 Å². The fourth-order valence-electron chi connectivity index (χ4n) is 1.52. The molecule has 0 aliphatic carbocycles. The Morgan fingerprint density at radius 2 is 2.20 bits per heavy atom. The maximum atomic E-state index is 12.9. The minimum absolute atomic E-state index is 0.341. The van der Waals surface area contributed by atoms with Crippen LogP contribution in [0.4, 0.5) is 10.1 Å². The van der Waals surface area contributed by atoms with Crippen molar-refractivity contribution in [1.29, 1.82) is 0 Å². The van der Waals surface area contributed by atoms with Crippen LogP contribution in [0.25, 0.3) is 5.57 Å². The highest BCUT2D eigenvalue weighted by Crippen LogP contribution is 2.30. The zero-order valence-corrected chi connectivity index (χ0v) is 7.88. The van der Waals surface area contributed by atoms with E-state index in [-0.39, 0.29) is 5.82 Å². The molecule has 15 heavy (non-hydrogen) atoms. The van der Waals surface area contributed by atoms with Crippen LogP contribution in [0.5, 0.6) is 0 Å². The van der Waals surface area contributed by atoms with E-state index in [2.05, 4.69) is 11.9 Å². The number of fused-ring (bicyclic) bond motifs is 1. The summed E-state index contributed by atoms with van der Waals surface area (Å²) in [5, 5.41) is 2.87. The average molecular weight is 204 g/mol. The van der Waals surface area contributed by atoms with Gasteiger partial charge in [0.2, 0.25) is 5.91 Å². The number of allylic oxidation sites excluding steroid dienone is 1. The molecule has 0 aromatic heterocycles. The molecule has 0 saturated carbocycles. The van der Waals surface area contributed by atoms with Crippen molar-refractivity contribution in [3.63, 3.8) is 0 Å². The predicted octanol–water partition coefficient (Wildman–Crippen LogP) is 1.63. The second kappa shape index (κ2) is 3.24. The van der Waals surface area contributed by atoms with Gasteiger partial charge in [-0.05, 0) is 24.3 Å². The summed E-state index contributed by atoms with van der Waals surface area (Å²) in [6.07, 6.45) is 1.54. The number of carbonyl (C=O) groups is 1. The normalized spacial score (nSPS) is 13.9. The van der Waals surface area contributed by atoms with E-state index in [1.54, 1.807) is 6.08 Å². The number of hydrogen-bond acceptors (Lipinski definition) is 2. The van der Waals surface area contributed by atoms with Crippen LogP contribution in [-0.2, 0) is 4.79 Å². The molecule has 0 radical (unpaired) electrons. The zero-order chi connectivity index (χ0) is 11.0. The van der Waals surface area contributed by atoms with Gasteiger partial charge in [0.1, 0.15) is 5.82 Å². The largest absolute Gasteiger partial charge is 0.366 e. The third-order valence-electron chi connectivity index (χ3n) is 2.15. The Kier molecular flexibility index (Phi) is 2.04. The number of anilines is 1. The van der Waals surface area contributed by atoms with Gasteiger partial charge < -0.3 is 11.1 Å². The summed E-state index contributed by atoms with van der Waals surface area (Å²) in [6.45, 7) is 3.66. The van der Waals surface area contributed by atoms with Gasteiger partial charge in [0.15, 0.2) is 0 Å². The second-order valence-electron chi connectivity index (χ2n) is 3.26. The Hall–Kier alpha value is -2.10. The number of benzene rings is 1. The van der Waals surface area contributed by atoms with E-state index in [0.29, 0.717) is 22.5 Å². The summed E-state index contributed by atoms with van der Waals surface area (Å²) in [7, 11) is 0. The number of hydrogen-bond donors (Lipinski definition) is 2. The van der Waals surface area contributed by atoms with Gasteiger partial charge in [-0.2, -0.15) is 0 Å². The highest BCUT2D eigenvalue weighted by atomic mass is 19.1. The fourth-order valence-corrected chi connectivity index (χ4v) is 1.52. The lowest BCUT2D eigenvalue weighted by atomic mass is 9.99.